The molecule has 0 aliphatic heterocycles. The van der Waals surface area contributed by atoms with Crippen molar-refractivity contribution >= 4 is 23.2 Å². The number of nitrogens with one attached hydrogen (secondary N) is 2. The van der Waals surface area contributed by atoms with Gasteiger partial charge >= 0.3 is 6.03 Å². The molecule has 0 saturated heterocycles. The Bertz CT molecular complexity index is 809. The molecule has 0 aliphatic rings. The van der Waals surface area contributed by atoms with Crippen molar-refractivity contribution in [1.82, 2.24) is 20.1 Å². The number of amides is 2. The van der Waals surface area contributed by atoms with E-state index in [0.29, 0.717) is 29.9 Å². The van der Waals surface area contributed by atoms with E-state index >= 15 is 0 Å². The molecule has 0 aliphatic carbocycles. The number of aryl methyl sites for hydroxylation is 1. The minimum absolute atomic E-state index is 0.323. The van der Waals surface area contributed by atoms with Crippen LogP contribution in [0.4, 0.5) is 10.6 Å². The molecule has 126 valence electrons. The minimum Gasteiger partial charge on any atom is -0.463 e. The van der Waals surface area contributed by atoms with Crippen LogP contribution in [0.25, 0.3) is 16.6 Å². The number of carbonyl (C=O) groups is 1. The minimum atomic E-state index is -0.323. The third-order valence-corrected chi connectivity index (χ3v) is 3.93. The van der Waals surface area contributed by atoms with Crippen LogP contribution in [0.5, 0.6) is 0 Å². The Balaban J connectivity index is 1.78. The molecule has 0 atom stereocenters. The molecule has 8 nitrogen and oxygen atoms in total. The largest absolute Gasteiger partial charge is 0.463 e. The Morgan fingerprint density at radius 2 is 2.38 bits per heavy atom. The zero-order valence-corrected chi connectivity index (χ0v) is 14.1. The van der Waals surface area contributed by atoms with Crippen molar-refractivity contribution < 1.29 is 13.9 Å². The Morgan fingerprint density at radius 1 is 1.50 bits per heavy atom. The third kappa shape index (κ3) is 3.63. The van der Waals surface area contributed by atoms with Gasteiger partial charge < -0.3 is 14.5 Å². The number of nitrogens with zero attached hydrogens (tertiary/aromatic N) is 3. The lowest BCUT2D eigenvalue weighted by atomic mass is 10.4. The SMILES string of the molecule is COCCNC(=O)Nc1cc(C)nn1-c1nc(-c2ccco2)cs1. The van der Waals surface area contributed by atoms with Crippen LogP contribution in [0.3, 0.4) is 0 Å². The van der Waals surface area contributed by atoms with E-state index in [2.05, 4.69) is 20.7 Å². The predicted octanol–water partition coefficient (Wildman–Crippen LogP) is 2.67. The second kappa shape index (κ2) is 7.28. The molecule has 9 heteroatoms. The normalized spacial score (nSPS) is 10.8. The summed E-state index contributed by atoms with van der Waals surface area (Å²) in [4.78, 5) is 16.4. The van der Waals surface area contributed by atoms with E-state index in [1.54, 1.807) is 24.1 Å². The van der Waals surface area contributed by atoms with Crippen LogP contribution >= 0.6 is 11.3 Å². The maximum atomic E-state index is 11.9. The van der Waals surface area contributed by atoms with Gasteiger partial charge in [0.2, 0.25) is 5.13 Å². The number of methoxy groups -OCH3 is 1. The highest BCUT2D eigenvalue weighted by Gasteiger charge is 2.15. The first-order valence-electron chi connectivity index (χ1n) is 7.27. The summed E-state index contributed by atoms with van der Waals surface area (Å²) in [5.41, 5.74) is 1.50. The number of ether oxygens (including phenoxy) is 1. The average Bonchev–Trinajstić information content (AvgIpc) is 3.26. The number of rotatable bonds is 6. The molecule has 2 N–H and O–H groups in total. The highest BCUT2D eigenvalue weighted by atomic mass is 32.1. The van der Waals surface area contributed by atoms with Gasteiger partial charge in [-0.2, -0.15) is 9.78 Å². The van der Waals surface area contributed by atoms with Gasteiger partial charge in [0.25, 0.3) is 0 Å². The molecule has 3 aromatic rings. The number of thiazole rings is 1. The Hall–Kier alpha value is -2.65. The quantitative estimate of drug-likeness (QED) is 0.669. The number of anilines is 1. The third-order valence-electron chi connectivity index (χ3n) is 3.11. The van der Waals surface area contributed by atoms with Crippen molar-refractivity contribution in [3.63, 3.8) is 0 Å². The zero-order chi connectivity index (χ0) is 16.9. The Kier molecular flexibility index (Phi) is 4.92. The van der Waals surface area contributed by atoms with Gasteiger partial charge in [0, 0.05) is 25.1 Å². The molecular formula is C15H17N5O3S. The maximum absolute atomic E-state index is 11.9. The van der Waals surface area contributed by atoms with Crippen molar-refractivity contribution in [3.8, 4) is 16.6 Å². The number of hydrogen-bond acceptors (Lipinski definition) is 6. The van der Waals surface area contributed by atoms with E-state index in [1.807, 2.05) is 24.4 Å². The molecule has 2 amide bonds. The monoisotopic (exact) mass is 347 g/mol. The molecule has 3 heterocycles. The molecule has 0 radical (unpaired) electrons. The van der Waals surface area contributed by atoms with Gasteiger partial charge in [0.15, 0.2) is 5.76 Å². The second-order valence-corrected chi connectivity index (χ2v) is 5.79. The van der Waals surface area contributed by atoms with Gasteiger partial charge in [-0.15, -0.1) is 11.3 Å². The van der Waals surface area contributed by atoms with Crippen molar-refractivity contribution in [2.75, 3.05) is 25.6 Å². The van der Waals surface area contributed by atoms with Gasteiger partial charge in [0.05, 0.1) is 18.6 Å². The summed E-state index contributed by atoms with van der Waals surface area (Å²) in [5, 5.41) is 12.4. The summed E-state index contributed by atoms with van der Waals surface area (Å²) in [5.74, 6) is 1.23. The lowest BCUT2D eigenvalue weighted by molar-refractivity contribution is 0.198. The fourth-order valence-electron chi connectivity index (χ4n) is 2.06. The van der Waals surface area contributed by atoms with Crippen molar-refractivity contribution in [2.45, 2.75) is 6.92 Å². The molecule has 0 aromatic carbocycles. The van der Waals surface area contributed by atoms with Crippen molar-refractivity contribution in [2.24, 2.45) is 0 Å². The van der Waals surface area contributed by atoms with Gasteiger partial charge in [-0.1, -0.05) is 0 Å². The molecule has 3 aromatic heterocycles. The number of furan rings is 1. The molecule has 0 saturated carbocycles. The fraction of sp³-hybridized carbons (Fsp3) is 0.267. The van der Waals surface area contributed by atoms with Crippen molar-refractivity contribution in [1.29, 1.82) is 0 Å². The van der Waals surface area contributed by atoms with Crippen LogP contribution in [-0.2, 0) is 4.74 Å². The first kappa shape index (κ1) is 16.2. The van der Waals surface area contributed by atoms with E-state index in [1.165, 1.54) is 11.3 Å². The highest BCUT2D eigenvalue weighted by Crippen LogP contribution is 2.26. The summed E-state index contributed by atoms with van der Waals surface area (Å²) in [6.07, 6.45) is 1.60. The van der Waals surface area contributed by atoms with E-state index in [4.69, 9.17) is 9.15 Å². The standard InChI is InChI=1S/C15H17N5O3S/c1-10-8-13(18-14(21)16-5-7-22-2)20(19-10)15-17-11(9-24-15)12-4-3-6-23-12/h3-4,6,8-9H,5,7H2,1-2H3,(H2,16,18,21). The molecule has 0 spiro atoms. The first-order chi connectivity index (χ1) is 11.7. The lowest BCUT2D eigenvalue weighted by Gasteiger charge is -2.07. The average molecular weight is 347 g/mol. The number of carbonyl (C=O) groups excluding carboxylic acids is 1. The predicted molar refractivity (Wildman–Crippen MR) is 90.6 cm³/mol. The van der Waals surface area contributed by atoms with Crippen LogP contribution in [0.1, 0.15) is 5.69 Å². The van der Waals surface area contributed by atoms with E-state index in [0.717, 1.165) is 11.4 Å². The molecule has 0 unspecified atom stereocenters. The van der Waals surface area contributed by atoms with E-state index in [-0.39, 0.29) is 6.03 Å². The second-order valence-electron chi connectivity index (χ2n) is 4.95. The number of urea groups is 1. The van der Waals surface area contributed by atoms with Gasteiger partial charge in [0.1, 0.15) is 11.5 Å². The van der Waals surface area contributed by atoms with Gasteiger partial charge in [-0.3, -0.25) is 5.32 Å². The van der Waals surface area contributed by atoms with E-state index < -0.39 is 0 Å². The topological polar surface area (TPSA) is 94.2 Å². The summed E-state index contributed by atoms with van der Waals surface area (Å²) in [6, 6.07) is 5.11. The molecule has 3 rings (SSSR count). The highest BCUT2D eigenvalue weighted by molar-refractivity contribution is 7.12. The maximum Gasteiger partial charge on any atom is 0.320 e. The summed E-state index contributed by atoms with van der Waals surface area (Å²) in [7, 11) is 1.58. The van der Waals surface area contributed by atoms with Crippen LogP contribution in [-0.4, -0.2) is 41.1 Å². The Labute approximate surface area is 142 Å². The molecular weight excluding hydrogens is 330 g/mol. The number of aromatic nitrogens is 3. The molecule has 24 heavy (non-hydrogen) atoms. The lowest BCUT2D eigenvalue weighted by Crippen LogP contribution is -2.32. The van der Waals surface area contributed by atoms with Crippen LogP contribution in [0, 0.1) is 6.92 Å². The Morgan fingerprint density at radius 3 is 3.12 bits per heavy atom. The molecule has 0 bridgehead atoms. The van der Waals surface area contributed by atoms with Crippen LogP contribution in [0.2, 0.25) is 0 Å². The summed E-state index contributed by atoms with van der Waals surface area (Å²) >= 11 is 1.41. The van der Waals surface area contributed by atoms with Gasteiger partial charge in [-0.05, 0) is 19.1 Å². The summed E-state index contributed by atoms with van der Waals surface area (Å²) in [6.45, 7) is 2.73. The van der Waals surface area contributed by atoms with Crippen molar-refractivity contribution in [3.05, 3.63) is 35.5 Å². The smallest absolute Gasteiger partial charge is 0.320 e. The van der Waals surface area contributed by atoms with Crippen LogP contribution < -0.4 is 10.6 Å². The van der Waals surface area contributed by atoms with E-state index in [9.17, 15) is 4.79 Å². The molecule has 0 fully saturated rings. The summed E-state index contributed by atoms with van der Waals surface area (Å²) < 4.78 is 11.8. The zero-order valence-electron chi connectivity index (χ0n) is 13.3. The fourth-order valence-corrected chi connectivity index (χ4v) is 2.84. The number of hydrogen-bond donors (Lipinski definition) is 2. The first-order valence-corrected chi connectivity index (χ1v) is 8.15. The van der Waals surface area contributed by atoms with Gasteiger partial charge in [-0.25, -0.2) is 9.78 Å². The van der Waals surface area contributed by atoms with Crippen LogP contribution in [0.15, 0.2) is 34.3 Å².